The summed E-state index contributed by atoms with van der Waals surface area (Å²) in [6.45, 7) is 0.870. The van der Waals surface area contributed by atoms with Crippen molar-refractivity contribution >= 4 is 0 Å². The van der Waals surface area contributed by atoms with Crippen LogP contribution >= 0.6 is 0 Å². The molecule has 0 saturated heterocycles. The minimum Gasteiger partial charge on any atom is -0.383 e. The van der Waals surface area contributed by atoms with Crippen LogP contribution in [0, 0.1) is 0 Å². The first-order chi connectivity index (χ1) is 5.99. The molecule has 0 radical (unpaired) electrons. The fourth-order valence-corrected chi connectivity index (χ4v) is 0.678. The standard InChI is InChI=1S/C7H14F3NO2/c1-3-6(4-12-2)11-13-5-7(8,9)10/h6,11H,3-5H2,1-2H3. The predicted octanol–water partition coefficient (Wildman–Crippen LogP) is 1.49. The Hall–Kier alpha value is -0.330. The van der Waals surface area contributed by atoms with E-state index in [4.69, 9.17) is 4.74 Å². The Morgan fingerprint density at radius 3 is 2.38 bits per heavy atom. The highest BCUT2D eigenvalue weighted by Crippen LogP contribution is 2.13. The number of ether oxygens (including phenoxy) is 1. The van der Waals surface area contributed by atoms with E-state index in [1.807, 2.05) is 6.92 Å². The van der Waals surface area contributed by atoms with Gasteiger partial charge in [-0.15, -0.1) is 0 Å². The zero-order valence-corrected chi connectivity index (χ0v) is 7.65. The first kappa shape index (κ1) is 12.7. The molecule has 1 atom stereocenters. The van der Waals surface area contributed by atoms with Gasteiger partial charge in [0.2, 0.25) is 0 Å². The van der Waals surface area contributed by atoms with Crippen LogP contribution in [0.5, 0.6) is 0 Å². The minimum atomic E-state index is -4.29. The molecule has 0 aliphatic heterocycles. The lowest BCUT2D eigenvalue weighted by Crippen LogP contribution is -2.35. The van der Waals surface area contributed by atoms with Gasteiger partial charge in [0.15, 0.2) is 6.61 Å². The minimum absolute atomic E-state index is 0.202. The molecule has 0 aliphatic rings. The Labute approximate surface area is 75.2 Å². The van der Waals surface area contributed by atoms with Crippen LogP contribution in [0.4, 0.5) is 13.2 Å². The summed E-state index contributed by atoms with van der Waals surface area (Å²) in [5.41, 5.74) is 2.28. The normalized spacial score (nSPS) is 14.5. The first-order valence-corrected chi connectivity index (χ1v) is 3.92. The van der Waals surface area contributed by atoms with E-state index in [1.165, 1.54) is 7.11 Å². The number of hydrogen-bond acceptors (Lipinski definition) is 3. The van der Waals surface area contributed by atoms with Crippen molar-refractivity contribution in [1.29, 1.82) is 0 Å². The number of hydrogen-bond donors (Lipinski definition) is 1. The predicted molar refractivity (Wildman–Crippen MR) is 41.1 cm³/mol. The summed E-state index contributed by atoms with van der Waals surface area (Å²) in [7, 11) is 1.48. The summed E-state index contributed by atoms with van der Waals surface area (Å²) < 4.78 is 39.6. The maximum atomic E-state index is 11.6. The number of hydroxylamine groups is 1. The molecule has 80 valence electrons. The maximum absolute atomic E-state index is 11.6. The van der Waals surface area contributed by atoms with E-state index < -0.39 is 12.8 Å². The van der Waals surface area contributed by atoms with Crippen molar-refractivity contribution < 1.29 is 22.7 Å². The number of methoxy groups -OCH3 is 1. The van der Waals surface area contributed by atoms with Gasteiger partial charge < -0.3 is 4.74 Å². The van der Waals surface area contributed by atoms with Crippen molar-refractivity contribution in [2.45, 2.75) is 25.6 Å². The third kappa shape index (κ3) is 8.01. The Morgan fingerprint density at radius 1 is 1.38 bits per heavy atom. The summed E-state index contributed by atoms with van der Waals surface area (Å²) in [4.78, 5) is 4.25. The third-order valence-corrected chi connectivity index (χ3v) is 1.35. The highest BCUT2D eigenvalue weighted by Gasteiger charge is 2.28. The zero-order chi connectivity index (χ0) is 10.3. The van der Waals surface area contributed by atoms with Gasteiger partial charge >= 0.3 is 6.18 Å². The van der Waals surface area contributed by atoms with Gasteiger partial charge in [0.1, 0.15) is 0 Å². The fraction of sp³-hybridized carbons (Fsp3) is 1.00. The zero-order valence-electron chi connectivity index (χ0n) is 7.65. The van der Waals surface area contributed by atoms with Crippen LogP contribution in [-0.2, 0) is 9.57 Å². The SMILES string of the molecule is CCC(COC)NOCC(F)(F)F. The number of nitrogens with one attached hydrogen (secondary N) is 1. The van der Waals surface area contributed by atoms with Crippen LogP contribution in [0.25, 0.3) is 0 Å². The van der Waals surface area contributed by atoms with Crippen molar-refractivity contribution in [3.8, 4) is 0 Å². The average molecular weight is 201 g/mol. The molecule has 0 spiro atoms. The second-order valence-electron chi connectivity index (χ2n) is 2.58. The summed E-state index contributed by atoms with van der Waals surface area (Å²) in [5, 5.41) is 0. The lowest BCUT2D eigenvalue weighted by Gasteiger charge is -2.16. The maximum Gasteiger partial charge on any atom is 0.413 e. The van der Waals surface area contributed by atoms with Gasteiger partial charge in [0.25, 0.3) is 0 Å². The van der Waals surface area contributed by atoms with Gasteiger partial charge in [-0.3, -0.25) is 4.84 Å². The van der Waals surface area contributed by atoms with Crippen molar-refractivity contribution in [2.75, 3.05) is 20.3 Å². The smallest absolute Gasteiger partial charge is 0.383 e. The van der Waals surface area contributed by atoms with Gasteiger partial charge in [-0.2, -0.15) is 18.7 Å². The number of halogens is 3. The van der Waals surface area contributed by atoms with Gasteiger partial charge in [0, 0.05) is 7.11 Å². The van der Waals surface area contributed by atoms with E-state index in [9.17, 15) is 13.2 Å². The fourth-order valence-electron chi connectivity index (χ4n) is 0.678. The second kappa shape index (κ2) is 6.17. The van der Waals surface area contributed by atoms with E-state index in [1.54, 1.807) is 0 Å². The largest absolute Gasteiger partial charge is 0.413 e. The summed E-state index contributed by atoms with van der Waals surface area (Å²) in [5.74, 6) is 0. The Kier molecular flexibility index (Phi) is 6.02. The van der Waals surface area contributed by atoms with E-state index >= 15 is 0 Å². The summed E-state index contributed by atoms with van der Waals surface area (Å²) >= 11 is 0. The molecule has 1 N–H and O–H groups in total. The molecule has 13 heavy (non-hydrogen) atoms. The van der Waals surface area contributed by atoms with Crippen molar-refractivity contribution in [3.63, 3.8) is 0 Å². The molecule has 0 aromatic heterocycles. The molecule has 1 unspecified atom stereocenters. The van der Waals surface area contributed by atoms with Crippen LogP contribution in [-0.4, -0.2) is 32.5 Å². The van der Waals surface area contributed by atoms with Crippen LogP contribution in [0.15, 0.2) is 0 Å². The molecule has 0 saturated carbocycles. The highest BCUT2D eigenvalue weighted by atomic mass is 19.4. The first-order valence-electron chi connectivity index (χ1n) is 3.92. The molecule has 0 aliphatic carbocycles. The topological polar surface area (TPSA) is 30.5 Å². The van der Waals surface area contributed by atoms with E-state index in [0.717, 1.165) is 0 Å². The van der Waals surface area contributed by atoms with Gasteiger partial charge in [-0.1, -0.05) is 6.92 Å². The molecule has 6 heteroatoms. The van der Waals surface area contributed by atoms with Crippen molar-refractivity contribution in [1.82, 2.24) is 5.48 Å². The molecule has 0 amide bonds. The highest BCUT2D eigenvalue weighted by molar-refractivity contribution is 4.57. The Balaban J connectivity index is 3.49. The molecule has 0 bridgehead atoms. The Morgan fingerprint density at radius 2 is 2.00 bits per heavy atom. The summed E-state index contributed by atoms with van der Waals surface area (Å²) in [6.07, 6.45) is -3.65. The molecular formula is C7H14F3NO2. The van der Waals surface area contributed by atoms with Crippen LogP contribution in [0.2, 0.25) is 0 Å². The van der Waals surface area contributed by atoms with Crippen LogP contribution in [0.1, 0.15) is 13.3 Å². The molecule has 0 fully saturated rings. The van der Waals surface area contributed by atoms with E-state index in [-0.39, 0.29) is 6.04 Å². The number of alkyl halides is 3. The molecule has 0 heterocycles. The molecule has 0 aromatic carbocycles. The molecular weight excluding hydrogens is 187 g/mol. The molecule has 3 nitrogen and oxygen atoms in total. The number of rotatable bonds is 6. The van der Waals surface area contributed by atoms with Gasteiger partial charge in [-0.05, 0) is 6.42 Å². The monoisotopic (exact) mass is 201 g/mol. The van der Waals surface area contributed by atoms with Crippen molar-refractivity contribution in [2.24, 2.45) is 0 Å². The average Bonchev–Trinajstić information content (AvgIpc) is 2.01. The van der Waals surface area contributed by atoms with Crippen LogP contribution < -0.4 is 5.48 Å². The Bertz CT molecular complexity index is 129. The lowest BCUT2D eigenvalue weighted by molar-refractivity contribution is -0.194. The lowest BCUT2D eigenvalue weighted by atomic mass is 10.3. The summed E-state index contributed by atoms with van der Waals surface area (Å²) in [6, 6.07) is -0.202. The second-order valence-corrected chi connectivity index (χ2v) is 2.58. The van der Waals surface area contributed by atoms with E-state index in [2.05, 4.69) is 10.3 Å². The van der Waals surface area contributed by atoms with Gasteiger partial charge in [0.05, 0.1) is 12.6 Å². The van der Waals surface area contributed by atoms with Gasteiger partial charge in [-0.25, -0.2) is 0 Å². The molecule has 0 rings (SSSR count). The third-order valence-electron chi connectivity index (χ3n) is 1.35. The van der Waals surface area contributed by atoms with Crippen LogP contribution in [0.3, 0.4) is 0 Å². The quantitative estimate of drug-likeness (QED) is 0.660. The van der Waals surface area contributed by atoms with Crippen molar-refractivity contribution in [3.05, 3.63) is 0 Å². The van der Waals surface area contributed by atoms with E-state index in [0.29, 0.717) is 13.0 Å². The molecule has 0 aromatic rings.